The molecular weight excluding hydrogens is 370 g/mol. The second kappa shape index (κ2) is 9.07. The van der Waals surface area contributed by atoms with Crippen molar-refractivity contribution in [1.82, 2.24) is 9.62 Å². The molecule has 5 nitrogen and oxygen atoms in total. The number of anilines is 1. The molecule has 3 rings (SSSR count). The third kappa shape index (κ3) is 5.34. The summed E-state index contributed by atoms with van der Waals surface area (Å²) in [6.45, 7) is 8.84. The van der Waals surface area contributed by atoms with Crippen molar-refractivity contribution < 1.29 is 8.42 Å². The quantitative estimate of drug-likeness (QED) is 0.775. The van der Waals surface area contributed by atoms with Crippen molar-refractivity contribution in [2.45, 2.75) is 31.1 Å². The van der Waals surface area contributed by atoms with Crippen LogP contribution in [0.5, 0.6) is 0 Å². The van der Waals surface area contributed by atoms with E-state index in [0.717, 1.165) is 37.3 Å². The molecule has 1 aliphatic heterocycles. The maximum Gasteiger partial charge on any atom is 0.240 e. The first-order valence-electron chi connectivity index (χ1n) is 9.97. The van der Waals surface area contributed by atoms with Gasteiger partial charge < -0.3 is 9.80 Å². The number of piperazine rings is 1. The van der Waals surface area contributed by atoms with Crippen LogP contribution in [0.3, 0.4) is 0 Å². The Hall–Kier alpha value is -1.89. The van der Waals surface area contributed by atoms with Crippen LogP contribution in [0.25, 0.3) is 0 Å². The molecule has 0 aromatic heterocycles. The van der Waals surface area contributed by atoms with E-state index in [1.807, 2.05) is 12.1 Å². The highest BCUT2D eigenvalue weighted by atomic mass is 32.2. The third-order valence-electron chi connectivity index (χ3n) is 5.37. The van der Waals surface area contributed by atoms with Gasteiger partial charge in [-0.1, -0.05) is 38.1 Å². The Kier molecular flexibility index (Phi) is 6.75. The monoisotopic (exact) mass is 401 g/mol. The van der Waals surface area contributed by atoms with E-state index in [1.54, 1.807) is 12.1 Å². The molecular formula is C22H31N3O2S. The summed E-state index contributed by atoms with van der Waals surface area (Å²) in [7, 11) is -1.31. The van der Waals surface area contributed by atoms with Crippen LogP contribution in [-0.2, 0) is 16.4 Å². The minimum absolute atomic E-state index is 0.322. The van der Waals surface area contributed by atoms with Crippen molar-refractivity contribution in [3.63, 3.8) is 0 Å². The molecule has 2 aromatic carbocycles. The predicted molar refractivity (Wildman–Crippen MR) is 116 cm³/mol. The lowest BCUT2D eigenvalue weighted by Crippen LogP contribution is -2.44. The standard InChI is InChI=1S/C22H31N3O2S/c1-18(2)20-6-10-22(11-7-20)28(26,27)23-13-12-19-4-8-21(9-5-19)25-16-14-24(3)15-17-25/h4-11,18,23H,12-17H2,1-3H3. The Balaban J connectivity index is 1.52. The number of rotatable bonds is 7. The first-order valence-corrected chi connectivity index (χ1v) is 11.5. The molecule has 0 amide bonds. The average Bonchev–Trinajstić information content (AvgIpc) is 2.69. The van der Waals surface area contributed by atoms with Gasteiger partial charge in [-0.3, -0.25) is 0 Å². The Morgan fingerprint density at radius 3 is 2.11 bits per heavy atom. The molecule has 1 heterocycles. The first-order chi connectivity index (χ1) is 13.3. The van der Waals surface area contributed by atoms with Gasteiger partial charge in [-0.2, -0.15) is 0 Å². The second-order valence-electron chi connectivity index (χ2n) is 7.83. The van der Waals surface area contributed by atoms with Crippen LogP contribution in [0.4, 0.5) is 5.69 Å². The van der Waals surface area contributed by atoms with E-state index < -0.39 is 10.0 Å². The largest absolute Gasteiger partial charge is 0.369 e. The highest BCUT2D eigenvalue weighted by molar-refractivity contribution is 7.89. The fourth-order valence-corrected chi connectivity index (χ4v) is 4.41. The molecule has 0 unspecified atom stereocenters. The van der Waals surface area contributed by atoms with E-state index in [4.69, 9.17) is 0 Å². The van der Waals surface area contributed by atoms with Crippen molar-refractivity contribution in [3.05, 3.63) is 59.7 Å². The van der Waals surface area contributed by atoms with Gasteiger partial charge in [0.1, 0.15) is 0 Å². The van der Waals surface area contributed by atoms with E-state index in [9.17, 15) is 8.42 Å². The molecule has 152 valence electrons. The average molecular weight is 402 g/mol. The molecule has 6 heteroatoms. The maximum absolute atomic E-state index is 12.5. The van der Waals surface area contributed by atoms with Crippen LogP contribution >= 0.6 is 0 Å². The Labute approximate surface area is 169 Å². The summed E-state index contributed by atoms with van der Waals surface area (Å²) in [5, 5.41) is 0. The van der Waals surface area contributed by atoms with E-state index in [-0.39, 0.29) is 0 Å². The third-order valence-corrected chi connectivity index (χ3v) is 6.84. The Bertz CT molecular complexity index is 854. The molecule has 0 aliphatic carbocycles. The van der Waals surface area contributed by atoms with E-state index >= 15 is 0 Å². The summed E-state index contributed by atoms with van der Waals surface area (Å²) in [6.07, 6.45) is 0.673. The summed E-state index contributed by atoms with van der Waals surface area (Å²) in [4.78, 5) is 5.06. The normalized spacial score (nSPS) is 15.9. The number of benzene rings is 2. The van der Waals surface area contributed by atoms with Crippen LogP contribution < -0.4 is 9.62 Å². The van der Waals surface area contributed by atoms with Gasteiger partial charge in [0.15, 0.2) is 0 Å². The van der Waals surface area contributed by atoms with Gasteiger partial charge >= 0.3 is 0 Å². The highest BCUT2D eigenvalue weighted by Crippen LogP contribution is 2.18. The number of sulfonamides is 1. The van der Waals surface area contributed by atoms with E-state index in [2.05, 4.69) is 59.7 Å². The van der Waals surface area contributed by atoms with Crippen LogP contribution in [0.15, 0.2) is 53.4 Å². The van der Waals surface area contributed by atoms with Crippen LogP contribution in [-0.4, -0.2) is 53.1 Å². The maximum atomic E-state index is 12.5. The molecule has 0 atom stereocenters. The molecule has 1 aliphatic rings. The van der Waals surface area contributed by atoms with Gasteiger partial charge in [0.25, 0.3) is 0 Å². The zero-order valence-electron chi connectivity index (χ0n) is 17.1. The number of nitrogens with one attached hydrogen (secondary N) is 1. The van der Waals surface area contributed by atoms with Crippen LogP contribution in [0.2, 0.25) is 0 Å². The minimum atomic E-state index is -3.47. The topological polar surface area (TPSA) is 52.7 Å². The first kappa shape index (κ1) is 20.8. The van der Waals surface area contributed by atoms with Gasteiger partial charge in [0.2, 0.25) is 10.0 Å². The number of likely N-dealkylation sites (N-methyl/N-ethyl adjacent to an activating group) is 1. The zero-order valence-corrected chi connectivity index (χ0v) is 17.9. The number of hydrogen-bond donors (Lipinski definition) is 1. The van der Waals surface area contributed by atoms with Crippen molar-refractivity contribution in [2.75, 3.05) is 44.7 Å². The lowest BCUT2D eigenvalue weighted by atomic mass is 10.0. The Morgan fingerprint density at radius 2 is 1.54 bits per heavy atom. The van der Waals surface area contributed by atoms with Gasteiger partial charge in [0.05, 0.1) is 4.90 Å². The van der Waals surface area contributed by atoms with Gasteiger partial charge in [-0.25, -0.2) is 13.1 Å². The van der Waals surface area contributed by atoms with Gasteiger partial charge in [-0.05, 0) is 54.8 Å². The van der Waals surface area contributed by atoms with Crippen molar-refractivity contribution in [2.24, 2.45) is 0 Å². The molecule has 0 bridgehead atoms. The van der Waals surface area contributed by atoms with Crippen molar-refractivity contribution >= 4 is 15.7 Å². The molecule has 1 fully saturated rings. The van der Waals surface area contributed by atoms with Crippen LogP contribution in [0, 0.1) is 0 Å². The highest BCUT2D eigenvalue weighted by Gasteiger charge is 2.15. The van der Waals surface area contributed by atoms with Crippen molar-refractivity contribution in [1.29, 1.82) is 0 Å². The number of hydrogen-bond acceptors (Lipinski definition) is 4. The predicted octanol–water partition coefficient (Wildman–Crippen LogP) is 3.08. The second-order valence-corrected chi connectivity index (χ2v) is 9.60. The molecule has 28 heavy (non-hydrogen) atoms. The summed E-state index contributed by atoms with van der Waals surface area (Å²) in [6, 6.07) is 15.6. The van der Waals surface area contributed by atoms with E-state index in [1.165, 1.54) is 5.69 Å². The molecule has 1 N–H and O–H groups in total. The summed E-state index contributed by atoms with van der Waals surface area (Å²) in [5.74, 6) is 0.388. The molecule has 0 radical (unpaired) electrons. The lowest BCUT2D eigenvalue weighted by Gasteiger charge is -2.34. The molecule has 0 saturated carbocycles. The fraction of sp³-hybridized carbons (Fsp3) is 0.455. The molecule has 0 spiro atoms. The van der Waals surface area contributed by atoms with Crippen molar-refractivity contribution in [3.8, 4) is 0 Å². The Morgan fingerprint density at radius 1 is 0.929 bits per heavy atom. The van der Waals surface area contributed by atoms with Crippen LogP contribution in [0.1, 0.15) is 30.9 Å². The zero-order chi connectivity index (χ0) is 20.1. The lowest BCUT2D eigenvalue weighted by molar-refractivity contribution is 0.313. The summed E-state index contributed by atoms with van der Waals surface area (Å²) in [5.41, 5.74) is 3.51. The molecule has 2 aromatic rings. The molecule has 1 saturated heterocycles. The SMILES string of the molecule is CC(C)c1ccc(S(=O)(=O)NCCc2ccc(N3CCN(C)CC3)cc2)cc1. The smallest absolute Gasteiger partial charge is 0.240 e. The minimum Gasteiger partial charge on any atom is -0.369 e. The number of nitrogens with zero attached hydrogens (tertiary/aromatic N) is 2. The fourth-order valence-electron chi connectivity index (χ4n) is 3.38. The summed E-state index contributed by atoms with van der Waals surface area (Å²) >= 11 is 0. The van der Waals surface area contributed by atoms with Gasteiger partial charge in [-0.15, -0.1) is 0 Å². The van der Waals surface area contributed by atoms with E-state index in [0.29, 0.717) is 23.8 Å². The van der Waals surface area contributed by atoms with Gasteiger partial charge in [0, 0.05) is 38.4 Å². The summed E-state index contributed by atoms with van der Waals surface area (Å²) < 4.78 is 27.6.